The average Bonchev–Trinajstić information content (AvgIpc) is 3.09. The molecule has 0 saturated carbocycles. The summed E-state index contributed by atoms with van der Waals surface area (Å²) in [4.78, 5) is 41.4. The number of benzene rings is 1. The summed E-state index contributed by atoms with van der Waals surface area (Å²) in [6.45, 7) is 7.07. The molecular formula is C20H23N3O4S. The van der Waals surface area contributed by atoms with Gasteiger partial charge in [0.2, 0.25) is 5.91 Å². The first kappa shape index (κ1) is 20.0. The van der Waals surface area contributed by atoms with Crippen LogP contribution < -0.4 is 10.2 Å². The Bertz CT molecular complexity index is 909. The van der Waals surface area contributed by atoms with Crippen LogP contribution in [0, 0.1) is 0 Å². The van der Waals surface area contributed by atoms with E-state index >= 15 is 0 Å². The molecule has 2 heterocycles. The van der Waals surface area contributed by atoms with Crippen LogP contribution in [-0.2, 0) is 9.53 Å². The molecule has 0 radical (unpaired) electrons. The van der Waals surface area contributed by atoms with Crippen LogP contribution in [0.15, 0.2) is 23.6 Å². The number of nitrogens with zero attached hydrogens (tertiary/aromatic N) is 2. The molecule has 2 atom stereocenters. The molecule has 0 spiro atoms. The van der Waals surface area contributed by atoms with Crippen LogP contribution >= 0.6 is 11.3 Å². The van der Waals surface area contributed by atoms with Crippen molar-refractivity contribution in [2.24, 2.45) is 0 Å². The van der Waals surface area contributed by atoms with E-state index < -0.39 is 6.09 Å². The molecule has 1 aliphatic heterocycles. The van der Waals surface area contributed by atoms with E-state index in [4.69, 9.17) is 4.74 Å². The van der Waals surface area contributed by atoms with Gasteiger partial charge in [-0.25, -0.2) is 9.78 Å². The number of aldehydes is 1. The third kappa shape index (κ3) is 4.06. The molecule has 3 rings (SSSR count). The largest absolute Gasteiger partial charge is 0.447 e. The van der Waals surface area contributed by atoms with Crippen LogP contribution in [0.25, 0.3) is 11.3 Å². The number of hydrogen-bond acceptors (Lipinski definition) is 6. The van der Waals surface area contributed by atoms with Crippen LogP contribution in [0.2, 0.25) is 0 Å². The number of alkyl carbamates (subject to hydrolysis) is 1. The molecule has 1 aliphatic rings. The fourth-order valence-electron chi connectivity index (χ4n) is 3.50. The zero-order valence-corrected chi connectivity index (χ0v) is 17.1. The van der Waals surface area contributed by atoms with Crippen molar-refractivity contribution in [3.8, 4) is 11.3 Å². The van der Waals surface area contributed by atoms with Gasteiger partial charge in [0.05, 0.1) is 17.8 Å². The molecule has 2 aromatic rings. The van der Waals surface area contributed by atoms with Gasteiger partial charge in [-0.2, -0.15) is 0 Å². The maximum atomic E-state index is 12.2. The molecule has 7 nitrogen and oxygen atoms in total. The van der Waals surface area contributed by atoms with Gasteiger partial charge in [-0.15, -0.1) is 11.3 Å². The number of carbonyl (C=O) groups is 3. The van der Waals surface area contributed by atoms with Gasteiger partial charge < -0.3 is 15.0 Å². The van der Waals surface area contributed by atoms with Crippen molar-refractivity contribution >= 4 is 35.3 Å². The van der Waals surface area contributed by atoms with Gasteiger partial charge >= 0.3 is 6.09 Å². The van der Waals surface area contributed by atoms with E-state index in [0.29, 0.717) is 17.1 Å². The zero-order valence-electron chi connectivity index (χ0n) is 16.3. The summed E-state index contributed by atoms with van der Waals surface area (Å²) in [6, 6.07) is 5.29. The number of rotatable bonds is 4. The zero-order chi connectivity index (χ0) is 20.4. The summed E-state index contributed by atoms with van der Waals surface area (Å²) in [6.07, 6.45) is 0.576. The standard InChI is InChI=1S/C20H23N3O4S/c1-11(2)27-20(26)22-16-7-12(3)23(13(4)25)18-6-5-14(8-15(16)18)17-10-28-19(9-24)21-17/h5-6,8-12,16H,7H2,1-4H3,(H,22,26)/t12-,16+/m1/s1. The first-order valence-corrected chi connectivity index (χ1v) is 10.00. The van der Waals surface area contributed by atoms with Crippen molar-refractivity contribution in [2.75, 3.05) is 4.90 Å². The summed E-state index contributed by atoms with van der Waals surface area (Å²) in [5.74, 6) is -0.0541. The van der Waals surface area contributed by atoms with Crippen molar-refractivity contribution < 1.29 is 19.1 Å². The highest BCUT2D eigenvalue weighted by Crippen LogP contribution is 2.39. The van der Waals surface area contributed by atoms with E-state index in [0.717, 1.165) is 23.1 Å². The number of thiazole rings is 1. The van der Waals surface area contributed by atoms with Gasteiger partial charge in [-0.3, -0.25) is 9.59 Å². The molecule has 2 amide bonds. The Kier molecular flexibility index (Phi) is 5.79. The van der Waals surface area contributed by atoms with Crippen LogP contribution in [0.1, 0.15) is 55.5 Å². The normalized spacial score (nSPS) is 18.5. The highest BCUT2D eigenvalue weighted by Gasteiger charge is 2.34. The summed E-state index contributed by atoms with van der Waals surface area (Å²) < 4.78 is 5.23. The van der Waals surface area contributed by atoms with E-state index in [1.54, 1.807) is 18.7 Å². The summed E-state index contributed by atoms with van der Waals surface area (Å²) in [7, 11) is 0. The first-order valence-electron chi connectivity index (χ1n) is 9.12. The van der Waals surface area contributed by atoms with Crippen molar-refractivity contribution in [1.29, 1.82) is 0 Å². The molecule has 28 heavy (non-hydrogen) atoms. The van der Waals surface area contributed by atoms with E-state index in [1.807, 2.05) is 30.5 Å². The quantitative estimate of drug-likeness (QED) is 0.784. The SMILES string of the molecule is CC(=O)N1c2ccc(-c3csc(C=O)n3)cc2[C@@H](NC(=O)OC(C)C)C[C@H]1C. The maximum Gasteiger partial charge on any atom is 0.407 e. The molecule has 0 bridgehead atoms. The third-order valence-electron chi connectivity index (χ3n) is 4.57. The van der Waals surface area contributed by atoms with Gasteiger partial charge in [-0.05, 0) is 44.9 Å². The lowest BCUT2D eigenvalue weighted by Crippen LogP contribution is -2.45. The number of carbonyl (C=O) groups excluding carboxylic acids is 3. The maximum absolute atomic E-state index is 12.2. The molecule has 8 heteroatoms. The molecule has 1 aromatic carbocycles. The molecule has 0 fully saturated rings. The number of amides is 2. The molecule has 1 aromatic heterocycles. The molecule has 0 unspecified atom stereocenters. The first-order chi connectivity index (χ1) is 13.3. The Balaban J connectivity index is 2.01. The molecule has 0 aliphatic carbocycles. The predicted octanol–water partition coefficient (Wildman–Crippen LogP) is 3.94. The van der Waals surface area contributed by atoms with E-state index in [2.05, 4.69) is 10.3 Å². The van der Waals surface area contributed by atoms with Crippen LogP contribution in [0.3, 0.4) is 0 Å². The minimum atomic E-state index is -0.489. The van der Waals surface area contributed by atoms with Crippen molar-refractivity contribution in [2.45, 2.75) is 52.3 Å². The van der Waals surface area contributed by atoms with E-state index in [1.165, 1.54) is 18.3 Å². The van der Waals surface area contributed by atoms with Crippen molar-refractivity contribution in [3.63, 3.8) is 0 Å². The predicted molar refractivity (Wildman–Crippen MR) is 108 cm³/mol. The average molecular weight is 401 g/mol. The monoisotopic (exact) mass is 401 g/mol. The summed E-state index contributed by atoms with van der Waals surface area (Å²) >= 11 is 1.27. The van der Waals surface area contributed by atoms with Gasteiger partial charge in [0, 0.05) is 29.6 Å². The second-order valence-corrected chi connectivity index (χ2v) is 7.98. The minimum Gasteiger partial charge on any atom is -0.447 e. The number of nitrogens with one attached hydrogen (secondary N) is 1. The number of anilines is 1. The molecule has 148 valence electrons. The second kappa shape index (κ2) is 8.10. The smallest absolute Gasteiger partial charge is 0.407 e. The summed E-state index contributed by atoms with van der Waals surface area (Å²) in [5.41, 5.74) is 3.10. The lowest BCUT2D eigenvalue weighted by atomic mass is 9.90. The fraction of sp³-hybridized carbons (Fsp3) is 0.400. The van der Waals surface area contributed by atoms with Gasteiger partial charge in [0.1, 0.15) is 0 Å². The molecule has 1 N–H and O–H groups in total. The Hall–Kier alpha value is -2.74. The number of hydrogen-bond donors (Lipinski definition) is 1. The lowest BCUT2D eigenvalue weighted by molar-refractivity contribution is -0.117. The van der Waals surface area contributed by atoms with Gasteiger partial charge in [-0.1, -0.05) is 6.07 Å². The number of fused-ring (bicyclic) bond motifs is 1. The van der Waals surface area contributed by atoms with Crippen LogP contribution in [-0.4, -0.2) is 35.4 Å². The second-order valence-electron chi connectivity index (χ2n) is 7.09. The topological polar surface area (TPSA) is 88.6 Å². The molecule has 0 saturated heterocycles. The van der Waals surface area contributed by atoms with Gasteiger partial charge in [0.25, 0.3) is 0 Å². The summed E-state index contributed by atoms with van der Waals surface area (Å²) in [5, 5.41) is 5.14. The highest BCUT2D eigenvalue weighted by atomic mass is 32.1. The highest BCUT2D eigenvalue weighted by molar-refractivity contribution is 7.11. The molecular weight excluding hydrogens is 378 g/mol. The van der Waals surface area contributed by atoms with Crippen molar-refractivity contribution in [1.82, 2.24) is 10.3 Å². The van der Waals surface area contributed by atoms with Crippen molar-refractivity contribution in [3.05, 3.63) is 34.2 Å². The van der Waals surface area contributed by atoms with Crippen LogP contribution in [0.4, 0.5) is 10.5 Å². The lowest BCUT2D eigenvalue weighted by Gasteiger charge is -2.39. The fourth-order valence-corrected chi connectivity index (χ4v) is 4.13. The third-order valence-corrected chi connectivity index (χ3v) is 5.34. The van der Waals surface area contributed by atoms with E-state index in [9.17, 15) is 14.4 Å². The Morgan fingerprint density at radius 2 is 2.14 bits per heavy atom. The Morgan fingerprint density at radius 3 is 2.75 bits per heavy atom. The van der Waals surface area contributed by atoms with Gasteiger partial charge in [0.15, 0.2) is 11.3 Å². The number of aromatic nitrogens is 1. The minimum absolute atomic E-state index is 0.0541. The van der Waals surface area contributed by atoms with E-state index in [-0.39, 0.29) is 24.1 Å². The number of ether oxygens (including phenoxy) is 1. The van der Waals surface area contributed by atoms with Crippen LogP contribution in [0.5, 0.6) is 0 Å². The Labute approximate surface area is 167 Å². The Morgan fingerprint density at radius 1 is 1.39 bits per heavy atom.